The fourth-order valence-corrected chi connectivity index (χ4v) is 3.25. The van der Waals surface area contributed by atoms with E-state index in [9.17, 15) is 19.2 Å². The third-order valence-electron chi connectivity index (χ3n) is 4.85. The van der Waals surface area contributed by atoms with Gasteiger partial charge in [-0.15, -0.1) is 0 Å². The number of hydrogen-bond acceptors (Lipinski definition) is 7. The van der Waals surface area contributed by atoms with Gasteiger partial charge in [-0.25, -0.2) is 4.79 Å². The zero-order valence-electron chi connectivity index (χ0n) is 17.8. The molecule has 0 saturated carbocycles. The van der Waals surface area contributed by atoms with Crippen LogP contribution in [-0.2, 0) is 23.9 Å². The molecule has 0 aliphatic carbocycles. The summed E-state index contributed by atoms with van der Waals surface area (Å²) in [6.07, 6.45) is 0.00693. The SMILES string of the molecule is CCOC(=O)c1ccc(NC(=O)COC(=O)[C@@H]2CC(=O)N(c3cccc(OC)c3)C2)cc1. The maximum atomic E-state index is 12.4. The van der Waals surface area contributed by atoms with Crippen LogP contribution in [0.15, 0.2) is 48.5 Å². The average Bonchev–Trinajstić information content (AvgIpc) is 3.20. The maximum absolute atomic E-state index is 12.4. The summed E-state index contributed by atoms with van der Waals surface area (Å²) in [4.78, 5) is 50.0. The first kappa shape index (κ1) is 22.8. The standard InChI is InChI=1S/C23H24N2O7/c1-3-31-22(28)15-7-9-17(10-8-15)24-20(26)14-32-23(29)16-11-21(27)25(13-16)18-5-4-6-19(12-18)30-2/h4-10,12,16H,3,11,13-14H2,1-2H3,(H,24,26)/t16-/m1/s1. The molecule has 1 aliphatic rings. The molecule has 1 saturated heterocycles. The number of nitrogens with zero attached hydrogens (tertiary/aromatic N) is 1. The number of ether oxygens (including phenoxy) is 3. The van der Waals surface area contributed by atoms with E-state index in [0.717, 1.165) is 0 Å². The number of hydrogen-bond donors (Lipinski definition) is 1. The second-order valence-corrected chi connectivity index (χ2v) is 7.06. The quantitative estimate of drug-likeness (QED) is 0.628. The number of nitrogens with one attached hydrogen (secondary N) is 1. The van der Waals surface area contributed by atoms with Crippen LogP contribution >= 0.6 is 0 Å². The van der Waals surface area contributed by atoms with Crippen molar-refractivity contribution >= 4 is 35.1 Å². The molecule has 32 heavy (non-hydrogen) atoms. The van der Waals surface area contributed by atoms with E-state index in [1.165, 1.54) is 24.1 Å². The monoisotopic (exact) mass is 440 g/mol. The van der Waals surface area contributed by atoms with Crippen molar-refractivity contribution in [1.29, 1.82) is 0 Å². The van der Waals surface area contributed by atoms with Gasteiger partial charge in [-0.1, -0.05) is 6.07 Å². The molecular formula is C23H24N2O7. The van der Waals surface area contributed by atoms with Gasteiger partial charge in [0.25, 0.3) is 5.91 Å². The van der Waals surface area contributed by atoms with Crippen LogP contribution in [0.3, 0.4) is 0 Å². The first-order valence-corrected chi connectivity index (χ1v) is 10.1. The summed E-state index contributed by atoms with van der Waals surface area (Å²) >= 11 is 0. The van der Waals surface area contributed by atoms with Crippen LogP contribution in [-0.4, -0.2) is 50.6 Å². The fourth-order valence-electron chi connectivity index (χ4n) is 3.25. The van der Waals surface area contributed by atoms with Gasteiger partial charge in [0, 0.05) is 30.4 Å². The Hall–Kier alpha value is -3.88. The molecule has 1 N–H and O–H groups in total. The molecule has 2 aromatic carbocycles. The highest BCUT2D eigenvalue weighted by Gasteiger charge is 2.36. The Morgan fingerprint density at radius 2 is 1.84 bits per heavy atom. The summed E-state index contributed by atoms with van der Waals surface area (Å²) in [6, 6.07) is 13.1. The number of esters is 2. The molecule has 0 bridgehead atoms. The van der Waals surface area contributed by atoms with Crippen molar-refractivity contribution < 1.29 is 33.4 Å². The Labute approximate surface area is 185 Å². The molecule has 0 spiro atoms. The zero-order valence-corrected chi connectivity index (χ0v) is 17.8. The number of amides is 2. The second-order valence-electron chi connectivity index (χ2n) is 7.06. The third-order valence-corrected chi connectivity index (χ3v) is 4.85. The molecule has 0 radical (unpaired) electrons. The molecule has 1 atom stereocenters. The van der Waals surface area contributed by atoms with E-state index in [-0.39, 0.29) is 25.5 Å². The maximum Gasteiger partial charge on any atom is 0.338 e. The Morgan fingerprint density at radius 3 is 2.53 bits per heavy atom. The smallest absolute Gasteiger partial charge is 0.338 e. The summed E-state index contributed by atoms with van der Waals surface area (Å²) in [5, 5.41) is 2.58. The lowest BCUT2D eigenvalue weighted by Crippen LogP contribution is -2.28. The molecule has 1 fully saturated rings. The van der Waals surface area contributed by atoms with E-state index in [1.807, 2.05) is 0 Å². The van der Waals surface area contributed by atoms with Crippen LogP contribution in [0.1, 0.15) is 23.7 Å². The van der Waals surface area contributed by atoms with Gasteiger partial charge in [-0.05, 0) is 43.3 Å². The molecule has 1 aliphatic heterocycles. The van der Waals surface area contributed by atoms with Crippen LogP contribution in [0.2, 0.25) is 0 Å². The molecular weight excluding hydrogens is 416 g/mol. The number of anilines is 2. The molecule has 2 aromatic rings. The van der Waals surface area contributed by atoms with Crippen molar-refractivity contribution in [3.8, 4) is 5.75 Å². The summed E-state index contributed by atoms with van der Waals surface area (Å²) < 4.78 is 15.2. The van der Waals surface area contributed by atoms with E-state index in [2.05, 4.69) is 5.32 Å². The number of methoxy groups -OCH3 is 1. The third kappa shape index (κ3) is 5.63. The lowest BCUT2D eigenvalue weighted by molar-refractivity contribution is -0.151. The summed E-state index contributed by atoms with van der Waals surface area (Å²) in [7, 11) is 1.53. The highest BCUT2D eigenvalue weighted by atomic mass is 16.5. The van der Waals surface area contributed by atoms with Gasteiger partial charge in [-0.2, -0.15) is 0 Å². The lowest BCUT2D eigenvalue weighted by Gasteiger charge is -2.17. The van der Waals surface area contributed by atoms with Crippen LogP contribution in [0.4, 0.5) is 11.4 Å². The number of rotatable bonds is 8. The first-order valence-electron chi connectivity index (χ1n) is 10.1. The number of benzene rings is 2. The highest BCUT2D eigenvalue weighted by Crippen LogP contribution is 2.28. The van der Waals surface area contributed by atoms with Gasteiger partial charge < -0.3 is 24.4 Å². The van der Waals surface area contributed by atoms with Gasteiger partial charge in [-0.3, -0.25) is 14.4 Å². The Morgan fingerprint density at radius 1 is 1.09 bits per heavy atom. The van der Waals surface area contributed by atoms with Crippen LogP contribution in [0.5, 0.6) is 5.75 Å². The number of carbonyl (C=O) groups is 4. The second kappa shape index (κ2) is 10.4. The van der Waals surface area contributed by atoms with Crippen molar-refractivity contribution in [3.05, 3.63) is 54.1 Å². The van der Waals surface area contributed by atoms with Gasteiger partial charge in [0.1, 0.15) is 5.75 Å². The van der Waals surface area contributed by atoms with E-state index < -0.39 is 30.4 Å². The molecule has 0 unspecified atom stereocenters. The minimum absolute atomic E-state index is 0.00693. The topological polar surface area (TPSA) is 111 Å². The van der Waals surface area contributed by atoms with Crippen LogP contribution in [0.25, 0.3) is 0 Å². The summed E-state index contributed by atoms with van der Waals surface area (Å²) in [5.41, 5.74) is 1.44. The van der Waals surface area contributed by atoms with Crippen molar-refractivity contribution in [2.24, 2.45) is 5.92 Å². The lowest BCUT2D eigenvalue weighted by atomic mass is 10.1. The van der Waals surface area contributed by atoms with Crippen molar-refractivity contribution in [3.63, 3.8) is 0 Å². The Bertz CT molecular complexity index is 1000. The van der Waals surface area contributed by atoms with E-state index >= 15 is 0 Å². The summed E-state index contributed by atoms with van der Waals surface area (Å²) in [6.45, 7) is 1.67. The molecule has 2 amide bonds. The van der Waals surface area contributed by atoms with E-state index in [0.29, 0.717) is 22.7 Å². The van der Waals surface area contributed by atoms with Crippen LogP contribution in [0, 0.1) is 5.92 Å². The molecule has 168 valence electrons. The highest BCUT2D eigenvalue weighted by molar-refractivity contribution is 6.00. The minimum atomic E-state index is -0.662. The van der Waals surface area contributed by atoms with E-state index in [4.69, 9.17) is 14.2 Å². The Balaban J connectivity index is 1.49. The van der Waals surface area contributed by atoms with Gasteiger partial charge >= 0.3 is 11.9 Å². The molecule has 3 rings (SSSR count). The predicted molar refractivity (Wildman–Crippen MR) is 115 cm³/mol. The van der Waals surface area contributed by atoms with Crippen molar-refractivity contribution in [2.45, 2.75) is 13.3 Å². The Kier molecular flexibility index (Phi) is 7.43. The van der Waals surface area contributed by atoms with Gasteiger partial charge in [0.2, 0.25) is 5.91 Å². The average molecular weight is 440 g/mol. The molecule has 9 heteroatoms. The van der Waals surface area contributed by atoms with Gasteiger partial charge in [0.05, 0.1) is 25.2 Å². The normalized spacial score (nSPS) is 15.2. The predicted octanol–water partition coefficient (Wildman–Crippen LogP) is 2.41. The summed E-state index contributed by atoms with van der Waals surface area (Å²) in [5.74, 6) is -1.86. The largest absolute Gasteiger partial charge is 0.497 e. The molecule has 1 heterocycles. The molecule has 9 nitrogen and oxygen atoms in total. The zero-order chi connectivity index (χ0) is 23.1. The fraction of sp³-hybridized carbons (Fsp3) is 0.304. The molecule has 0 aromatic heterocycles. The van der Waals surface area contributed by atoms with Gasteiger partial charge in [0.15, 0.2) is 6.61 Å². The number of carbonyl (C=O) groups excluding carboxylic acids is 4. The van der Waals surface area contributed by atoms with Crippen molar-refractivity contribution in [1.82, 2.24) is 0 Å². The van der Waals surface area contributed by atoms with Crippen molar-refractivity contribution in [2.75, 3.05) is 37.1 Å². The first-order chi connectivity index (χ1) is 15.4. The minimum Gasteiger partial charge on any atom is -0.497 e. The van der Waals surface area contributed by atoms with E-state index in [1.54, 1.807) is 43.3 Å². The van der Waals surface area contributed by atoms with Crippen LogP contribution < -0.4 is 15.0 Å².